The van der Waals surface area contributed by atoms with Crippen LogP contribution in [0.4, 0.5) is 0 Å². The average molecular weight is 326 g/mol. The summed E-state index contributed by atoms with van der Waals surface area (Å²) >= 11 is 0. The Morgan fingerprint density at radius 3 is 2.08 bits per heavy atom. The molecule has 0 radical (unpaired) electrons. The molecule has 0 aliphatic carbocycles. The lowest BCUT2D eigenvalue weighted by Crippen LogP contribution is -1.92. The molecule has 0 aliphatic heterocycles. The second-order valence-corrected chi connectivity index (χ2v) is 5.43. The van der Waals surface area contributed by atoms with Gasteiger partial charge in [-0.3, -0.25) is 4.79 Å². The minimum absolute atomic E-state index is 0.0319. The first kappa shape index (κ1) is 16.5. The molecule has 122 valence electrons. The van der Waals surface area contributed by atoms with Gasteiger partial charge >= 0.3 is 0 Å². The van der Waals surface area contributed by atoms with E-state index in [0.29, 0.717) is 0 Å². The molecule has 0 fully saturated rings. The number of allylic oxidation sites excluding steroid dienone is 1. The quantitative estimate of drug-likeness (QED) is 0.340. The van der Waals surface area contributed by atoms with E-state index in [1.54, 1.807) is 12.3 Å². The van der Waals surface area contributed by atoms with Crippen molar-refractivity contribution >= 4 is 22.8 Å². The Labute approximate surface area is 147 Å². The molecule has 25 heavy (non-hydrogen) atoms. The Morgan fingerprint density at radius 2 is 1.36 bits per heavy atom. The molecule has 0 atom stereocenters. The van der Waals surface area contributed by atoms with Crippen molar-refractivity contribution in [2.45, 2.75) is 0 Å². The number of hydrogen-bond donors (Lipinski definition) is 0. The van der Waals surface area contributed by atoms with Crippen LogP contribution in [0.5, 0.6) is 0 Å². The van der Waals surface area contributed by atoms with Crippen LogP contribution in [-0.2, 0) is 0 Å². The van der Waals surface area contributed by atoms with Crippen LogP contribution in [0.2, 0.25) is 0 Å². The lowest BCUT2D eigenvalue weighted by Gasteiger charge is -1.94. The Bertz CT molecular complexity index is 921. The van der Waals surface area contributed by atoms with Gasteiger partial charge in [-0.1, -0.05) is 84.9 Å². The molecule has 0 amide bonds. The summed E-state index contributed by atoms with van der Waals surface area (Å²) in [6.07, 6.45) is 5.13. The number of benzene rings is 3. The van der Waals surface area contributed by atoms with Crippen molar-refractivity contribution in [3.05, 3.63) is 114 Å². The molecule has 2 nitrogen and oxygen atoms in total. The third-order valence-corrected chi connectivity index (χ3v) is 3.65. The van der Waals surface area contributed by atoms with Crippen LogP contribution in [0.25, 0.3) is 17.0 Å². The lowest BCUT2D eigenvalue weighted by molar-refractivity contribution is 0.104. The number of fused-ring (bicyclic) bond motifs is 1. The summed E-state index contributed by atoms with van der Waals surface area (Å²) in [6, 6.07) is 29.0. The number of furan rings is 1. The zero-order valence-corrected chi connectivity index (χ0v) is 13.7. The van der Waals surface area contributed by atoms with E-state index < -0.39 is 0 Å². The van der Waals surface area contributed by atoms with Gasteiger partial charge in [0, 0.05) is 10.9 Å². The van der Waals surface area contributed by atoms with Crippen molar-refractivity contribution < 1.29 is 9.21 Å². The van der Waals surface area contributed by atoms with Crippen molar-refractivity contribution in [3.8, 4) is 0 Å². The summed E-state index contributed by atoms with van der Waals surface area (Å²) in [5.41, 5.74) is 2.71. The topological polar surface area (TPSA) is 30.2 Å². The number of para-hydroxylation sites is 1. The second-order valence-electron chi connectivity index (χ2n) is 5.43. The molecule has 0 spiro atoms. The summed E-state index contributed by atoms with van der Waals surface area (Å²) in [7, 11) is 0. The van der Waals surface area contributed by atoms with Gasteiger partial charge in [-0.2, -0.15) is 0 Å². The van der Waals surface area contributed by atoms with Crippen LogP contribution in [-0.4, -0.2) is 5.78 Å². The Balaban J connectivity index is 0.000000170. The number of ketones is 1. The molecule has 4 aromatic rings. The molecular formula is C23H18O2. The van der Waals surface area contributed by atoms with Crippen LogP contribution in [0.1, 0.15) is 15.9 Å². The number of carbonyl (C=O) groups is 1. The van der Waals surface area contributed by atoms with Crippen molar-refractivity contribution in [1.82, 2.24) is 0 Å². The van der Waals surface area contributed by atoms with Gasteiger partial charge in [-0.25, -0.2) is 0 Å². The lowest BCUT2D eigenvalue weighted by atomic mass is 10.1. The van der Waals surface area contributed by atoms with Crippen LogP contribution in [0.3, 0.4) is 0 Å². The minimum Gasteiger partial charge on any atom is -0.464 e. The SMILES string of the molecule is O=C(C=Cc1ccccc1)c1ccccc1.c1ccc2occc2c1. The largest absolute Gasteiger partial charge is 0.464 e. The predicted octanol–water partition coefficient (Wildman–Crippen LogP) is 6.02. The first-order chi connectivity index (χ1) is 12.3. The van der Waals surface area contributed by atoms with Gasteiger partial charge in [0.25, 0.3) is 0 Å². The summed E-state index contributed by atoms with van der Waals surface area (Å²) in [5, 5.41) is 1.16. The normalized spacial score (nSPS) is 10.4. The summed E-state index contributed by atoms with van der Waals surface area (Å²) in [4.78, 5) is 11.7. The number of hydrogen-bond acceptors (Lipinski definition) is 2. The highest BCUT2D eigenvalue weighted by atomic mass is 16.3. The second kappa shape index (κ2) is 8.46. The maximum atomic E-state index is 11.7. The monoisotopic (exact) mass is 326 g/mol. The minimum atomic E-state index is 0.0319. The molecule has 4 rings (SSSR count). The van der Waals surface area contributed by atoms with E-state index in [-0.39, 0.29) is 5.78 Å². The molecule has 0 saturated heterocycles. The number of rotatable bonds is 3. The average Bonchev–Trinajstić information content (AvgIpc) is 3.17. The van der Waals surface area contributed by atoms with E-state index in [4.69, 9.17) is 4.42 Å². The van der Waals surface area contributed by atoms with E-state index in [1.165, 1.54) is 0 Å². The molecule has 1 aromatic heterocycles. The fourth-order valence-corrected chi connectivity index (χ4v) is 2.34. The van der Waals surface area contributed by atoms with E-state index in [2.05, 4.69) is 0 Å². The Morgan fingerprint density at radius 1 is 0.720 bits per heavy atom. The fourth-order valence-electron chi connectivity index (χ4n) is 2.34. The van der Waals surface area contributed by atoms with E-state index >= 15 is 0 Å². The van der Waals surface area contributed by atoms with Gasteiger partial charge < -0.3 is 4.42 Å². The van der Waals surface area contributed by atoms with Gasteiger partial charge in [0.2, 0.25) is 0 Å². The molecule has 0 N–H and O–H groups in total. The van der Waals surface area contributed by atoms with Crippen LogP contribution >= 0.6 is 0 Å². The third-order valence-electron chi connectivity index (χ3n) is 3.65. The molecule has 2 heteroatoms. The van der Waals surface area contributed by atoms with Gasteiger partial charge in [0.05, 0.1) is 6.26 Å². The smallest absolute Gasteiger partial charge is 0.185 e. The van der Waals surface area contributed by atoms with Gasteiger partial charge in [0.15, 0.2) is 5.78 Å². The van der Waals surface area contributed by atoms with E-state index in [1.807, 2.05) is 97.1 Å². The molecule has 0 bridgehead atoms. The molecular weight excluding hydrogens is 308 g/mol. The van der Waals surface area contributed by atoms with Crippen molar-refractivity contribution in [1.29, 1.82) is 0 Å². The fraction of sp³-hybridized carbons (Fsp3) is 0. The molecule has 0 unspecified atom stereocenters. The van der Waals surface area contributed by atoms with Gasteiger partial charge in [-0.15, -0.1) is 0 Å². The van der Waals surface area contributed by atoms with E-state index in [0.717, 1.165) is 22.1 Å². The van der Waals surface area contributed by atoms with Crippen LogP contribution in [0.15, 0.2) is 108 Å². The maximum Gasteiger partial charge on any atom is 0.185 e. The van der Waals surface area contributed by atoms with Gasteiger partial charge in [0.1, 0.15) is 5.58 Å². The summed E-state index contributed by atoms with van der Waals surface area (Å²) in [5.74, 6) is 0.0319. The Hall–Kier alpha value is -3.39. The highest BCUT2D eigenvalue weighted by molar-refractivity contribution is 6.06. The van der Waals surface area contributed by atoms with Crippen molar-refractivity contribution in [2.24, 2.45) is 0 Å². The van der Waals surface area contributed by atoms with Crippen molar-refractivity contribution in [2.75, 3.05) is 0 Å². The molecule has 1 heterocycles. The zero-order chi connectivity index (χ0) is 17.3. The van der Waals surface area contributed by atoms with Gasteiger partial charge in [-0.05, 0) is 23.8 Å². The zero-order valence-electron chi connectivity index (χ0n) is 13.7. The molecule has 3 aromatic carbocycles. The maximum absolute atomic E-state index is 11.7. The van der Waals surface area contributed by atoms with Crippen LogP contribution < -0.4 is 0 Å². The first-order valence-corrected chi connectivity index (χ1v) is 8.08. The molecule has 0 saturated carbocycles. The van der Waals surface area contributed by atoms with Crippen molar-refractivity contribution in [3.63, 3.8) is 0 Å². The third kappa shape index (κ3) is 4.79. The van der Waals surface area contributed by atoms with E-state index in [9.17, 15) is 4.79 Å². The summed E-state index contributed by atoms with van der Waals surface area (Å²) < 4.78 is 5.12. The first-order valence-electron chi connectivity index (χ1n) is 8.08. The van der Waals surface area contributed by atoms with Crippen LogP contribution in [0, 0.1) is 0 Å². The standard InChI is InChI=1S/C15H12O.C8H6O/c16-15(14-9-5-2-6-10-14)12-11-13-7-3-1-4-8-13;1-2-4-8-7(3-1)5-6-9-8/h1-12H;1-6H. The number of carbonyl (C=O) groups excluding carboxylic acids is 1. The predicted molar refractivity (Wildman–Crippen MR) is 102 cm³/mol. The highest BCUT2D eigenvalue weighted by Crippen LogP contribution is 2.12. The highest BCUT2D eigenvalue weighted by Gasteiger charge is 1.98. The Kier molecular flexibility index (Phi) is 5.57. The molecule has 0 aliphatic rings. The summed E-state index contributed by atoms with van der Waals surface area (Å²) in [6.45, 7) is 0.